The summed E-state index contributed by atoms with van der Waals surface area (Å²) in [5.74, 6) is 0.685. The second-order valence-electron chi connectivity index (χ2n) is 6.41. The zero-order valence-electron chi connectivity index (χ0n) is 12.2. The SMILES string of the molecule is CCC1CCC2(CC1)NC(=O)N(C[C@@H]1CCCO1)C2=O. The molecule has 3 fully saturated rings. The molecule has 0 aromatic rings. The smallest absolute Gasteiger partial charge is 0.325 e. The second kappa shape index (κ2) is 5.35. The van der Waals surface area contributed by atoms with Crippen LogP contribution in [0.4, 0.5) is 4.79 Å². The maximum atomic E-state index is 12.7. The van der Waals surface area contributed by atoms with E-state index >= 15 is 0 Å². The maximum Gasteiger partial charge on any atom is 0.325 e. The minimum atomic E-state index is -0.610. The summed E-state index contributed by atoms with van der Waals surface area (Å²) in [6, 6.07) is -0.222. The molecule has 0 radical (unpaired) electrons. The quantitative estimate of drug-likeness (QED) is 0.805. The lowest BCUT2D eigenvalue weighted by Gasteiger charge is -2.34. The molecule has 1 spiro atoms. The summed E-state index contributed by atoms with van der Waals surface area (Å²) in [6.45, 7) is 3.36. The van der Waals surface area contributed by atoms with Gasteiger partial charge < -0.3 is 10.1 Å². The topological polar surface area (TPSA) is 58.6 Å². The molecule has 5 heteroatoms. The van der Waals surface area contributed by atoms with Gasteiger partial charge in [0.15, 0.2) is 0 Å². The number of amides is 3. The number of carbonyl (C=O) groups excluding carboxylic acids is 2. The van der Waals surface area contributed by atoms with E-state index in [-0.39, 0.29) is 18.0 Å². The number of hydrogen-bond acceptors (Lipinski definition) is 3. The van der Waals surface area contributed by atoms with E-state index in [1.54, 1.807) is 0 Å². The molecule has 1 saturated carbocycles. The van der Waals surface area contributed by atoms with Crippen LogP contribution < -0.4 is 5.32 Å². The minimum absolute atomic E-state index is 0.0208. The van der Waals surface area contributed by atoms with E-state index in [2.05, 4.69) is 12.2 Å². The molecule has 2 aliphatic heterocycles. The Bertz CT molecular complexity index is 396. The Morgan fingerprint density at radius 3 is 2.65 bits per heavy atom. The van der Waals surface area contributed by atoms with Crippen LogP contribution in [0.5, 0.6) is 0 Å². The number of ether oxygens (including phenoxy) is 1. The molecule has 20 heavy (non-hydrogen) atoms. The Morgan fingerprint density at radius 1 is 1.30 bits per heavy atom. The highest BCUT2D eigenvalue weighted by atomic mass is 16.5. The summed E-state index contributed by atoms with van der Waals surface area (Å²) < 4.78 is 5.55. The van der Waals surface area contributed by atoms with Crippen LogP contribution in [0.1, 0.15) is 51.9 Å². The van der Waals surface area contributed by atoms with Gasteiger partial charge in [-0.15, -0.1) is 0 Å². The molecule has 0 bridgehead atoms. The third kappa shape index (κ3) is 2.32. The molecule has 112 valence electrons. The highest BCUT2D eigenvalue weighted by molar-refractivity contribution is 6.07. The van der Waals surface area contributed by atoms with Gasteiger partial charge in [-0.1, -0.05) is 13.3 Å². The van der Waals surface area contributed by atoms with Gasteiger partial charge >= 0.3 is 6.03 Å². The fraction of sp³-hybridized carbons (Fsp3) is 0.867. The standard InChI is InChI=1S/C15H24N2O3/c1-2-11-5-7-15(8-6-11)13(18)17(14(19)16-15)10-12-4-3-9-20-12/h11-12H,2-10H2,1H3,(H,16,19)/t11?,12-,15?/m0/s1. The Balaban J connectivity index is 1.67. The number of nitrogens with one attached hydrogen (secondary N) is 1. The van der Waals surface area contributed by atoms with Crippen molar-refractivity contribution < 1.29 is 14.3 Å². The zero-order valence-corrected chi connectivity index (χ0v) is 12.2. The molecule has 1 aliphatic carbocycles. The lowest BCUT2D eigenvalue weighted by molar-refractivity contribution is -0.133. The largest absolute Gasteiger partial charge is 0.376 e. The Morgan fingerprint density at radius 2 is 2.05 bits per heavy atom. The van der Waals surface area contributed by atoms with Crippen molar-refractivity contribution in [1.82, 2.24) is 10.2 Å². The summed E-state index contributed by atoms with van der Waals surface area (Å²) in [5, 5.41) is 2.97. The molecule has 0 unspecified atom stereocenters. The van der Waals surface area contributed by atoms with E-state index in [0.717, 1.165) is 51.6 Å². The molecule has 3 amide bonds. The minimum Gasteiger partial charge on any atom is -0.376 e. The van der Waals surface area contributed by atoms with Gasteiger partial charge in [-0.3, -0.25) is 9.69 Å². The van der Waals surface area contributed by atoms with Crippen LogP contribution in [0.25, 0.3) is 0 Å². The number of urea groups is 1. The Kier molecular flexibility index (Phi) is 3.71. The molecule has 1 atom stereocenters. The number of rotatable bonds is 3. The van der Waals surface area contributed by atoms with Gasteiger partial charge in [-0.05, 0) is 44.4 Å². The first-order chi connectivity index (χ1) is 9.64. The van der Waals surface area contributed by atoms with Gasteiger partial charge in [0.25, 0.3) is 5.91 Å². The fourth-order valence-electron chi connectivity index (χ4n) is 3.75. The predicted molar refractivity (Wildman–Crippen MR) is 74.2 cm³/mol. The van der Waals surface area contributed by atoms with Gasteiger partial charge in [-0.25, -0.2) is 4.79 Å². The average Bonchev–Trinajstić information content (AvgIpc) is 3.04. The lowest BCUT2D eigenvalue weighted by atomic mass is 9.75. The molecule has 2 saturated heterocycles. The van der Waals surface area contributed by atoms with E-state index < -0.39 is 5.54 Å². The number of hydrogen-bond donors (Lipinski definition) is 1. The number of imide groups is 1. The van der Waals surface area contributed by atoms with Crippen LogP contribution in [0.15, 0.2) is 0 Å². The van der Waals surface area contributed by atoms with Crippen molar-refractivity contribution in [3.05, 3.63) is 0 Å². The van der Waals surface area contributed by atoms with Gasteiger partial charge in [-0.2, -0.15) is 0 Å². The number of nitrogens with zero attached hydrogens (tertiary/aromatic N) is 1. The molecule has 3 aliphatic rings. The van der Waals surface area contributed by atoms with Crippen molar-refractivity contribution in [1.29, 1.82) is 0 Å². The summed E-state index contributed by atoms with van der Waals surface area (Å²) in [4.78, 5) is 26.2. The van der Waals surface area contributed by atoms with Crippen LogP contribution >= 0.6 is 0 Å². The van der Waals surface area contributed by atoms with Crippen LogP contribution in [0.2, 0.25) is 0 Å². The number of carbonyl (C=O) groups is 2. The third-order valence-electron chi connectivity index (χ3n) is 5.19. The van der Waals surface area contributed by atoms with Crippen molar-refractivity contribution in [3.63, 3.8) is 0 Å². The molecule has 2 heterocycles. The first-order valence-electron chi connectivity index (χ1n) is 7.90. The molecule has 0 aromatic carbocycles. The normalized spacial score (nSPS) is 37.8. The predicted octanol–water partition coefficient (Wildman–Crippen LogP) is 2.06. The molecular weight excluding hydrogens is 256 g/mol. The van der Waals surface area contributed by atoms with Crippen LogP contribution in [0, 0.1) is 5.92 Å². The summed E-state index contributed by atoms with van der Waals surface area (Å²) in [5.41, 5.74) is -0.610. The Hall–Kier alpha value is -1.10. The zero-order chi connectivity index (χ0) is 14.2. The first kappa shape index (κ1) is 13.9. The fourth-order valence-corrected chi connectivity index (χ4v) is 3.75. The highest BCUT2D eigenvalue weighted by Gasteiger charge is 2.52. The molecular formula is C15H24N2O3. The molecule has 1 N–H and O–H groups in total. The Labute approximate surface area is 120 Å². The van der Waals surface area contributed by atoms with Gasteiger partial charge in [0.05, 0.1) is 12.6 Å². The van der Waals surface area contributed by atoms with Crippen molar-refractivity contribution >= 4 is 11.9 Å². The monoisotopic (exact) mass is 280 g/mol. The first-order valence-corrected chi connectivity index (χ1v) is 7.90. The van der Waals surface area contributed by atoms with Crippen molar-refractivity contribution in [3.8, 4) is 0 Å². The van der Waals surface area contributed by atoms with Gasteiger partial charge in [0, 0.05) is 6.61 Å². The second-order valence-corrected chi connectivity index (χ2v) is 6.41. The van der Waals surface area contributed by atoms with Crippen LogP contribution in [-0.4, -0.2) is 41.6 Å². The van der Waals surface area contributed by atoms with E-state index in [9.17, 15) is 9.59 Å². The van der Waals surface area contributed by atoms with Crippen molar-refractivity contribution in [2.45, 2.75) is 63.5 Å². The van der Waals surface area contributed by atoms with Crippen LogP contribution in [0.3, 0.4) is 0 Å². The highest BCUT2D eigenvalue weighted by Crippen LogP contribution is 2.37. The average molecular weight is 280 g/mol. The summed E-state index contributed by atoms with van der Waals surface area (Å²) in [7, 11) is 0. The maximum absolute atomic E-state index is 12.7. The van der Waals surface area contributed by atoms with Crippen molar-refractivity contribution in [2.24, 2.45) is 5.92 Å². The van der Waals surface area contributed by atoms with Crippen LogP contribution in [-0.2, 0) is 9.53 Å². The molecule has 0 aromatic heterocycles. The molecule has 3 rings (SSSR count). The lowest BCUT2D eigenvalue weighted by Crippen LogP contribution is -2.49. The van der Waals surface area contributed by atoms with Crippen molar-refractivity contribution in [2.75, 3.05) is 13.2 Å². The summed E-state index contributed by atoms with van der Waals surface area (Å²) in [6.07, 6.45) is 6.83. The van der Waals surface area contributed by atoms with E-state index in [1.165, 1.54) is 4.90 Å². The van der Waals surface area contributed by atoms with Gasteiger partial charge in [0.2, 0.25) is 0 Å². The third-order valence-corrected chi connectivity index (χ3v) is 5.19. The van der Waals surface area contributed by atoms with Gasteiger partial charge in [0.1, 0.15) is 5.54 Å². The molecule has 5 nitrogen and oxygen atoms in total. The van der Waals surface area contributed by atoms with E-state index in [1.807, 2.05) is 0 Å². The van der Waals surface area contributed by atoms with E-state index in [4.69, 9.17) is 4.74 Å². The van der Waals surface area contributed by atoms with E-state index in [0.29, 0.717) is 12.5 Å². The summed E-state index contributed by atoms with van der Waals surface area (Å²) >= 11 is 0.